The molecule has 3 nitrogen and oxygen atoms in total. The van der Waals surface area contributed by atoms with Gasteiger partial charge in [0.25, 0.3) is 0 Å². The Balaban J connectivity index is 1.86. The highest BCUT2D eigenvalue weighted by Crippen LogP contribution is 2.28. The summed E-state index contributed by atoms with van der Waals surface area (Å²) in [5.74, 6) is -0.165. The van der Waals surface area contributed by atoms with E-state index in [9.17, 15) is 4.79 Å². The molecule has 0 saturated carbocycles. The van der Waals surface area contributed by atoms with Crippen molar-refractivity contribution in [2.75, 3.05) is 13.2 Å². The number of carbonyl (C=O) groups is 1. The summed E-state index contributed by atoms with van der Waals surface area (Å²) in [6, 6.07) is 12.1. The molecule has 0 radical (unpaired) electrons. The van der Waals surface area contributed by atoms with Crippen LogP contribution in [-0.4, -0.2) is 19.0 Å². The minimum atomic E-state index is -0.344. The van der Waals surface area contributed by atoms with E-state index in [0.29, 0.717) is 29.4 Å². The van der Waals surface area contributed by atoms with Crippen LogP contribution in [0.2, 0.25) is 10.0 Å². The molecular formula is C16H12Cl2O3. The normalized spacial score (nSPS) is 15.3. The smallest absolute Gasteiger partial charge is 0.194 e. The molecule has 1 aliphatic rings. The molecule has 0 unspecified atom stereocenters. The van der Waals surface area contributed by atoms with Gasteiger partial charge in [-0.05, 0) is 12.1 Å². The van der Waals surface area contributed by atoms with Gasteiger partial charge in [0.05, 0.1) is 23.3 Å². The molecule has 21 heavy (non-hydrogen) atoms. The number of rotatable bonds is 3. The highest BCUT2D eigenvalue weighted by atomic mass is 35.5. The van der Waals surface area contributed by atoms with Crippen LogP contribution >= 0.6 is 23.2 Å². The fourth-order valence-corrected chi connectivity index (χ4v) is 2.56. The molecule has 5 heteroatoms. The molecule has 1 heterocycles. The summed E-state index contributed by atoms with van der Waals surface area (Å²) in [4.78, 5) is 12.4. The van der Waals surface area contributed by atoms with E-state index in [0.717, 1.165) is 5.56 Å². The topological polar surface area (TPSA) is 35.5 Å². The number of ketones is 1. The van der Waals surface area contributed by atoms with Crippen LogP contribution in [0.5, 0.6) is 0 Å². The van der Waals surface area contributed by atoms with Crippen LogP contribution in [0.25, 0.3) is 0 Å². The highest BCUT2D eigenvalue weighted by molar-refractivity contribution is 6.44. The zero-order chi connectivity index (χ0) is 14.8. The molecule has 1 saturated heterocycles. The van der Waals surface area contributed by atoms with Crippen LogP contribution in [-0.2, 0) is 9.47 Å². The lowest BCUT2D eigenvalue weighted by Crippen LogP contribution is -2.04. The van der Waals surface area contributed by atoms with Gasteiger partial charge in [-0.2, -0.15) is 0 Å². The third kappa shape index (κ3) is 2.97. The highest BCUT2D eigenvalue weighted by Gasteiger charge is 2.19. The first kappa shape index (κ1) is 14.5. The molecular weight excluding hydrogens is 311 g/mol. The van der Waals surface area contributed by atoms with E-state index in [1.54, 1.807) is 30.3 Å². The van der Waals surface area contributed by atoms with Crippen LogP contribution < -0.4 is 0 Å². The van der Waals surface area contributed by atoms with Crippen LogP contribution in [0.3, 0.4) is 0 Å². The van der Waals surface area contributed by atoms with Crippen molar-refractivity contribution in [3.8, 4) is 0 Å². The van der Waals surface area contributed by atoms with Gasteiger partial charge in [-0.1, -0.05) is 53.5 Å². The van der Waals surface area contributed by atoms with Crippen LogP contribution in [0.4, 0.5) is 0 Å². The SMILES string of the molecule is O=C(c1ccc(C2OCCO2)cc1)c1cccc(Cl)c1Cl. The summed E-state index contributed by atoms with van der Waals surface area (Å²) in [6.45, 7) is 1.17. The van der Waals surface area contributed by atoms with Crippen LogP contribution in [0.15, 0.2) is 42.5 Å². The van der Waals surface area contributed by atoms with Gasteiger partial charge in [-0.3, -0.25) is 4.79 Å². The number of carbonyl (C=O) groups excluding carboxylic acids is 1. The second-order valence-electron chi connectivity index (χ2n) is 4.63. The van der Waals surface area contributed by atoms with E-state index in [1.165, 1.54) is 0 Å². The Bertz CT molecular complexity index is 662. The van der Waals surface area contributed by atoms with Crippen molar-refractivity contribution in [2.45, 2.75) is 6.29 Å². The molecule has 0 atom stereocenters. The van der Waals surface area contributed by atoms with Crippen LogP contribution in [0, 0.1) is 0 Å². The lowest BCUT2D eigenvalue weighted by atomic mass is 10.0. The van der Waals surface area contributed by atoms with Gasteiger partial charge < -0.3 is 9.47 Å². The van der Waals surface area contributed by atoms with Crippen molar-refractivity contribution in [3.05, 3.63) is 69.2 Å². The van der Waals surface area contributed by atoms with E-state index in [2.05, 4.69) is 0 Å². The van der Waals surface area contributed by atoms with Crippen molar-refractivity contribution in [2.24, 2.45) is 0 Å². The van der Waals surface area contributed by atoms with E-state index in [4.69, 9.17) is 32.7 Å². The number of benzene rings is 2. The Morgan fingerprint density at radius 2 is 1.67 bits per heavy atom. The Labute approximate surface area is 132 Å². The first-order valence-electron chi connectivity index (χ1n) is 6.48. The van der Waals surface area contributed by atoms with Crippen molar-refractivity contribution in [1.82, 2.24) is 0 Å². The Morgan fingerprint density at radius 1 is 1.00 bits per heavy atom. The molecule has 1 fully saturated rings. The molecule has 2 aromatic carbocycles. The van der Waals surface area contributed by atoms with Gasteiger partial charge in [-0.25, -0.2) is 0 Å². The Kier molecular flexibility index (Phi) is 4.27. The zero-order valence-corrected chi connectivity index (χ0v) is 12.5. The summed E-state index contributed by atoms with van der Waals surface area (Å²) in [5, 5.41) is 0.641. The maximum Gasteiger partial charge on any atom is 0.194 e. The lowest BCUT2D eigenvalue weighted by molar-refractivity contribution is -0.0441. The van der Waals surface area contributed by atoms with Gasteiger partial charge in [0.2, 0.25) is 0 Å². The van der Waals surface area contributed by atoms with E-state index in [-0.39, 0.29) is 17.1 Å². The van der Waals surface area contributed by atoms with E-state index >= 15 is 0 Å². The second kappa shape index (κ2) is 6.16. The Hall–Kier alpha value is -1.39. The molecule has 0 N–H and O–H groups in total. The third-order valence-electron chi connectivity index (χ3n) is 3.26. The van der Waals surface area contributed by atoms with Crippen molar-refractivity contribution >= 4 is 29.0 Å². The minimum absolute atomic E-state index is 0.165. The average Bonchev–Trinajstić information content (AvgIpc) is 3.04. The maximum absolute atomic E-state index is 12.4. The van der Waals surface area contributed by atoms with Crippen molar-refractivity contribution in [1.29, 1.82) is 0 Å². The quantitative estimate of drug-likeness (QED) is 0.791. The number of hydrogen-bond acceptors (Lipinski definition) is 3. The summed E-state index contributed by atoms with van der Waals surface area (Å²) in [5.41, 5.74) is 1.83. The molecule has 108 valence electrons. The molecule has 0 aromatic heterocycles. The number of ether oxygens (including phenoxy) is 2. The van der Waals surface area contributed by atoms with Gasteiger partial charge in [0.1, 0.15) is 0 Å². The molecule has 2 aromatic rings. The van der Waals surface area contributed by atoms with Gasteiger partial charge in [0, 0.05) is 16.7 Å². The first-order chi connectivity index (χ1) is 10.2. The standard InChI is InChI=1S/C16H12Cl2O3/c17-13-3-1-2-12(14(13)18)15(19)10-4-6-11(7-5-10)16-20-8-9-21-16/h1-7,16H,8-9H2. The second-order valence-corrected chi connectivity index (χ2v) is 5.41. The van der Waals surface area contributed by atoms with Gasteiger partial charge in [-0.15, -0.1) is 0 Å². The monoisotopic (exact) mass is 322 g/mol. The third-order valence-corrected chi connectivity index (χ3v) is 4.08. The largest absolute Gasteiger partial charge is 0.346 e. The molecule has 0 bridgehead atoms. The molecule has 0 amide bonds. The summed E-state index contributed by atoms with van der Waals surface area (Å²) in [7, 11) is 0. The maximum atomic E-state index is 12.4. The number of halogens is 2. The van der Waals surface area contributed by atoms with E-state index < -0.39 is 0 Å². The number of hydrogen-bond donors (Lipinski definition) is 0. The molecule has 3 rings (SSSR count). The fraction of sp³-hybridized carbons (Fsp3) is 0.188. The lowest BCUT2D eigenvalue weighted by Gasteiger charge is -2.10. The fourth-order valence-electron chi connectivity index (χ4n) is 2.18. The summed E-state index contributed by atoms with van der Waals surface area (Å²) < 4.78 is 10.8. The minimum Gasteiger partial charge on any atom is -0.346 e. The summed E-state index contributed by atoms with van der Waals surface area (Å²) in [6.07, 6.45) is -0.344. The van der Waals surface area contributed by atoms with Crippen molar-refractivity contribution < 1.29 is 14.3 Å². The first-order valence-corrected chi connectivity index (χ1v) is 7.24. The predicted octanol–water partition coefficient (Wildman–Crippen LogP) is 4.27. The molecule has 0 aliphatic carbocycles. The average molecular weight is 323 g/mol. The van der Waals surface area contributed by atoms with Gasteiger partial charge in [0.15, 0.2) is 12.1 Å². The molecule has 1 aliphatic heterocycles. The molecule has 0 spiro atoms. The van der Waals surface area contributed by atoms with Crippen molar-refractivity contribution in [3.63, 3.8) is 0 Å². The van der Waals surface area contributed by atoms with Gasteiger partial charge >= 0.3 is 0 Å². The summed E-state index contributed by atoms with van der Waals surface area (Å²) >= 11 is 12.0. The Morgan fingerprint density at radius 3 is 2.33 bits per heavy atom. The van der Waals surface area contributed by atoms with Crippen LogP contribution in [0.1, 0.15) is 27.8 Å². The zero-order valence-electron chi connectivity index (χ0n) is 11.0. The van der Waals surface area contributed by atoms with E-state index in [1.807, 2.05) is 12.1 Å². The predicted molar refractivity (Wildman–Crippen MR) is 81.0 cm³/mol.